The largest absolute Gasteiger partial charge is 0.478 e. The quantitative estimate of drug-likeness (QED) is 0.584. The van der Waals surface area contributed by atoms with Crippen LogP contribution in [-0.4, -0.2) is 40.0 Å². The van der Waals surface area contributed by atoms with Crippen LogP contribution in [0.4, 0.5) is 11.5 Å². The summed E-state index contributed by atoms with van der Waals surface area (Å²) < 4.78 is 0. The normalized spacial score (nSPS) is 18.4. The average molecular weight is 280 g/mol. The maximum Gasteiger partial charge on any atom is 0.337 e. The van der Waals surface area contributed by atoms with Crippen LogP contribution in [0.1, 0.15) is 16.8 Å². The molecule has 1 amide bonds. The number of aromatic carboxylic acids is 1. The Balaban J connectivity index is 2.44. The minimum atomic E-state index is -1.32. The molecule has 3 N–H and O–H groups in total. The number of hydrogen-bond donors (Lipinski definition) is 2. The zero-order valence-electron chi connectivity index (χ0n) is 10.4. The predicted octanol–water partition coefficient (Wildman–Crippen LogP) is -0.000400. The molecule has 1 unspecified atom stereocenters. The molecule has 106 valence electrons. The first-order valence-electron chi connectivity index (χ1n) is 5.82. The van der Waals surface area contributed by atoms with Crippen molar-refractivity contribution in [2.45, 2.75) is 6.42 Å². The first kappa shape index (κ1) is 13.9. The van der Waals surface area contributed by atoms with Gasteiger partial charge in [-0.2, -0.15) is 0 Å². The molecule has 1 fully saturated rings. The van der Waals surface area contributed by atoms with Gasteiger partial charge in [0.05, 0.1) is 10.5 Å². The minimum Gasteiger partial charge on any atom is -0.478 e. The smallest absolute Gasteiger partial charge is 0.337 e. The molecule has 0 bridgehead atoms. The molecule has 0 spiro atoms. The van der Waals surface area contributed by atoms with Gasteiger partial charge in [0.1, 0.15) is 0 Å². The van der Waals surface area contributed by atoms with Crippen LogP contribution in [0.5, 0.6) is 0 Å². The number of nitrogens with zero attached hydrogens (tertiary/aromatic N) is 3. The predicted molar refractivity (Wildman–Crippen MR) is 67.4 cm³/mol. The van der Waals surface area contributed by atoms with Crippen LogP contribution < -0.4 is 10.6 Å². The molecule has 9 nitrogen and oxygen atoms in total. The third-order valence-electron chi connectivity index (χ3n) is 3.09. The molecule has 1 aromatic heterocycles. The van der Waals surface area contributed by atoms with Crippen molar-refractivity contribution in [3.8, 4) is 0 Å². The van der Waals surface area contributed by atoms with E-state index in [2.05, 4.69) is 4.98 Å². The fraction of sp³-hybridized carbons (Fsp3) is 0.364. The SMILES string of the molecule is NCC1CC(=O)N(c2ncc(C(=O)O)cc2[N+](=O)[O-])C1. The number of carboxylic acids is 1. The molecule has 0 radical (unpaired) electrons. The van der Waals surface area contributed by atoms with Gasteiger partial charge in [0.2, 0.25) is 11.7 Å². The van der Waals surface area contributed by atoms with Gasteiger partial charge in [0.25, 0.3) is 0 Å². The Morgan fingerprint density at radius 2 is 2.35 bits per heavy atom. The van der Waals surface area contributed by atoms with E-state index in [4.69, 9.17) is 10.8 Å². The first-order chi connectivity index (χ1) is 9.43. The summed E-state index contributed by atoms with van der Waals surface area (Å²) in [6.07, 6.45) is 1.20. The van der Waals surface area contributed by atoms with E-state index in [1.165, 1.54) is 4.90 Å². The molecule has 1 aliphatic heterocycles. The van der Waals surface area contributed by atoms with Crippen LogP contribution in [0.3, 0.4) is 0 Å². The number of nitro groups is 1. The summed E-state index contributed by atoms with van der Waals surface area (Å²) in [6, 6.07) is 0.897. The number of aromatic nitrogens is 1. The maximum absolute atomic E-state index is 11.8. The first-order valence-corrected chi connectivity index (χ1v) is 5.82. The lowest BCUT2D eigenvalue weighted by Crippen LogP contribution is -2.27. The van der Waals surface area contributed by atoms with Gasteiger partial charge in [0, 0.05) is 25.2 Å². The second-order valence-electron chi connectivity index (χ2n) is 4.44. The Kier molecular flexibility index (Phi) is 3.61. The van der Waals surface area contributed by atoms with Crippen molar-refractivity contribution in [3.05, 3.63) is 27.9 Å². The van der Waals surface area contributed by atoms with Gasteiger partial charge in [-0.1, -0.05) is 0 Å². The molecule has 20 heavy (non-hydrogen) atoms. The number of rotatable bonds is 4. The van der Waals surface area contributed by atoms with Crippen molar-refractivity contribution in [2.75, 3.05) is 18.0 Å². The molecule has 1 saturated heterocycles. The van der Waals surface area contributed by atoms with Crippen LogP contribution >= 0.6 is 0 Å². The zero-order chi connectivity index (χ0) is 14.9. The Morgan fingerprint density at radius 3 is 2.85 bits per heavy atom. The van der Waals surface area contributed by atoms with Crippen molar-refractivity contribution in [1.82, 2.24) is 4.98 Å². The highest BCUT2D eigenvalue weighted by molar-refractivity contribution is 5.97. The average Bonchev–Trinajstić information content (AvgIpc) is 2.79. The maximum atomic E-state index is 11.8. The van der Waals surface area contributed by atoms with Crippen molar-refractivity contribution in [1.29, 1.82) is 0 Å². The Morgan fingerprint density at radius 1 is 1.65 bits per heavy atom. The molecule has 2 heterocycles. The summed E-state index contributed by atoms with van der Waals surface area (Å²) in [6.45, 7) is 0.541. The van der Waals surface area contributed by atoms with E-state index in [-0.39, 0.29) is 36.2 Å². The number of carbonyl (C=O) groups excluding carboxylic acids is 1. The molecule has 0 aliphatic carbocycles. The Bertz CT molecular complexity index is 588. The number of nitrogens with two attached hydrogens (primary N) is 1. The summed E-state index contributed by atoms with van der Waals surface area (Å²) in [5.41, 5.74) is 4.68. The highest BCUT2D eigenvalue weighted by atomic mass is 16.6. The van der Waals surface area contributed by atoms with E-state index in [0.29, 0.717) is 6.54 Å². The number of anilines is 1. The Labute approximate surface area is 113 Å². The number of hydrogen-bond acceptors (Lipinski definition) is 6. The van der Waals surface area contributed by atoms with Crippen molar-refractivity contribution < 1.29 is 19.6 Å². The molecule has 1 atom stereocenters. The van der Waals surface area contributed by atoms with Gasteiger partial charge in [-0.25, -0.2) is 9.78 Å². The third-order valence-corrected chi connectivity index (χ3v) is 3.09. The molecule has 0 aromatic carbocycles. The summed E-state index contributed by atoms with van der Waals surface area (Å²) in [4.78, 5) is 37.9. The van der Waals surface area contributed by atoms with E-state index in [1.54, 1.807) is 0 Å². The van der Waals surface area contributed by atoms with Crippen LogP contribution in [0.25, 0.3) is 0 Å². The summed E-state index contributed by atoms with van der Waals surface area (Å²) in [7, 11) is 0. The van der Waals surface area contributed by atoms with Crippen LogP contribution in [0.2, 0.25) is 0 Å². The highest BCUT2D eigenvalue weighted by Gasteiger charge is 2.35. The number of amides is 1. The number of carbonyl (C=O) groups is 2. The second kappa shape index (κ2) is 5.21. The number of pyridine rings is 1. The molecule has 2 rings (SSSR count). The third kappa shape index (κ3) is 2.43. The lowest BCUT2D eigenvalue weighted by atomic mass is 10.1. The van der Waals surface area contributed by atoms with Crippen LogP contribution in [0, 0.1) is 16.0 Å². The van der Waals surface area contributed by atoms with E-state index in [1.807, 2.05) is 0 Å². The fourth-order valence-corrected chi connectivity index (χ4v) is 2.05. The lowest BCUT2D eigenvalue weighted by Gasteiger charge is -2.15. The lowest BCUT2D eigenvalue weighted by molar-refractivity contribution is -0.384. The van der Waals surface area contributed by atoms with Gasteiger partial charge in [-0.3, -0.25) is 19.8 Å². The van der Waals surface area contributed by atoms with Crippen LogP contribution in [-0.2, 0) is 4.79 Å². The minimum absolute atomic E-state index is 0.0805. The Hall–Kier alpha value is -2.55. The monoisotopic (exact) mass is 280 g/mol. The van der Waals surface area contributed by atoms with Gasteiger partial charge in [-0.15, -0.1) is 0 Å². The molecular formula is C11H12N4O5. The molecule has 9 heteroatoms. The van der Waals surface area contributed by atoms with Crippen LogP contribution in [0.15, 0.2) is 12.3 Å². The van der Waals surface area contributed by atoms with Gasteiger partial charge in [0.15, 0.2) is 0 Å². The topological polar surface area (TPSA) is 140 Å². The standard InChI is InChI=1S/C11H12N4O5/c12-3-6-1-9(16)14(5-6)10-8(15(19)20)2-7(4-13-10)11(17)18/h2,4,6H,1,3,5,12H2,(H,17,18). The second-order valence-corrected chi connectivity index (χ2v) is 4.44. The summed E-state index contributed by atoms with van der Waals surface area (Å²) in [5, 5.41) is 19.8. The van der Waals surface area contributed by atoms with Crippen molar-refractivity contribution in [2.24, 2.45) is 11.7 Å². The number of carboxylic acid groups (broad SMARTS) is 1. The van der Waals surface area contributed by atoms with Gasteiger partial charge >= 0.3 is 11.7 Å². The van der Waals surface area contributed by atoms with Gasteiger partial charge in [-0.05, 0) is 12.5 Å². The molecular weight excluding hydrogens is 268 g/mol. The summed E-state index contributed by atoms with van der Waals surface area (Å²) >= 11 is 0. The fourth-order valence-electron chi connectivity index (χ4n) is 2.05. The molecule has 1 aromatic rings. The van der Waals surface area contributed by atoms with E-state index in [0.717, 1.165) is 12.3 Å². The van der Waals surface area contributed by atoms with Gasteiger partial charge < -0.3 is 10.8 Å². The summed E-state index contributed by atoms with van der Waals surface area (Å²) in [5.74, 6) is -1.84. The zero-order valence-corrected chi connectivity index (χ0v) is 10.4. The van der Waals surface area contributed by atoms with E-state index in [9.17, 15) is 19.7 Å². The van der Waals surface area contributed by atoms with Crippen molar-refractivity contribution in [3.63, 3.8) is 0 Å². The molecule has 1 aliphatic rings. The highest BCUT2D eigenvalue weighted by Crippen LogP contribution is 2.31. The van der Waals surface area contributed by atoms with E-state index >= 15 is 0 Å². The van der Waals surface area contributed by atoms with Crippen molar-refractivity contribution >= 4 is 23.4 Å². The van der Waals surface area contributed by atoms with E-state index < -0.39 is 16.6 Å². The molecule has 0 saturated carbocycles.